The number of hydrogen-bond donors (Lipinski definition) is 0. The maximum Gasteiger partial charge on any atom is 0.305 e. The number of nitrogens with zero attached hydrogens (tertiary/aromatic N) is 1. The van der Waals surface area contributed by atoms with Gasteiger partial charge in [-0.15, -0.1) is 11.3 Å². The number of methoxy groups -OCH3 is 1. The zero-order chi connectivity index (χ0) is 11.1. The third-order valence-electron chi connectivity index (χ3n) is 1.93. The third kappa shape index (κ3) is 4.20. The van der Waals surface area contributed by atoms with Crippen molar-refractivity contribution >= 4 is 23.1 Å². The molecule has 1 aromatic heterocycles. The van der Waals surface area contributed by atoms with Crippen LogP contribution in [0.3, 0.4) is 0 Å². The molecule has 0 atom stereocenters. The fraction of sp³-hybridized carbons (Fsp3) is 0.500. The van der Waals surface area contributed by atoms with Crippen LogP contribution in [0.2, 0.25) is 0 Å². The highest BCUT2D eigenvalue weighted by Crippen LogP contribution is 2.10. The van der Waals surface area contributed by atoms with Crippen LogP contribution in [0.1, 0.15) is 35.5 Å². The van der Waals surface area contributed by atoms with Gasteiger partial charge in [0.25, 0.3) is 0 Å². The van der Waals surface area contributed by atoms with Crippen LogP contribution in [0.15, 0.2) is 11.6 Å². The van der Waals surface area contributed by atoms with Crippen LogP contribution in [0, 0.1) is 0 Å². The van der Waals surface area contributed by atoms with E-state index in [0.29, 0.717) is 30.7 Å². The van der Waals surface area contributed by atoms with Gasteiger partial charge in [0.15, 0.2) is 10.8 Å². The van der Waals surface area contributed by atoms with Crippen LogP contribution >= 0.6 is 11.3 Å². The normalized spacial score (nSPS) is 9.93. The van der Waals surface area contributed by atoms with Crippen LogP contribution in [0.4, 0.5) is 0 Å². The highest BCUT2D eigenvalue weighted by molar-refractivity contribution is 7.11. The summed E-state index contributed by atoms with van der Waals surface area (Å²) in [5, 5.41) is 2.33. The van der Waals surface area contributed by atoms with Crippen molar-refractivity contribution < 1.29 is 14.3 Å². The third-order valence-corrected chi connectivity index (χ3v) is 2.75. The minimum absolute atomic E-state index is 0.0508. The highest BCUT2D eigenvalue weighted by Gasteiger charge is 2.08. The smallest absolute Gasteiger partial charge is 0.305 e. The standard InChI is InChI=1S/C10H13NO3S/c1-14-9(13)5-3-2-4-8(12)10-11-6-7-15-10/h6-7H,2-5H2,1H3. The van der Waals surface area contributed by atoms with Crippen molar-refractivity contribution in [2.45, 2.75) is 25.7 Å². The first-order valence-corrected chi connectivity index (χ1v) is 5.61. The molecule has 0 N–H and O–H groups in total. The second kappa shape index (κ2) is 6.29. The SMILES string of the molecule is COC(=O)CCCCC(=O)c1nccs1. The predicted molar refractivity (Wildman–Crippen MR) is 56.9 cm³/mol. The molecule has 1 aromatic rings. The quantitative estimate of drug-likeness (QED) is 0.424. The Bertz CT molecular complexity index is 321. The van der Waals surface area contributed by atoms with Gasteiger partial charge in [0, 0.05) is 24.4 Å². The fourth-order valence-corrected chi connectivity index (χ4v) is 1.73. The molecule has 0 bridgehead atoms. The number of aromatic nitrogens is 1. The summed E-state index contributed by atoms with van der Waals surface area (Å²) in [5.41, 5.74) is 0. The first-order chi connectivity index (χ1) is 7.24. The predicted octanol–water partition coefficient (Wildman–Crippen LogP) is 2.06. The second-order valence-corrected chi connectivity index (χ2v) is 3.94. The van der Waals surface area contributed by atoms with Gasteiger partial charge in [-0.25, -0.2) is 4.98 Å². The Morgan fingerprint density at radius 2 is 2.13 bits per heavy atom. The van der Waals surface area contributed by atoms with Crippen molar-refractivity contribution in [2.24, 2.45) is 0 Å². The molecule has 0 fully saturated rings. The molecule has 0 aliphatic rings. The number of rotatable bonds is 6. The first-order valence-electron chi connectivity index (χ1n) is 4.73. The summed E-state index contributed by atoms with van der Waals surface area (Å²) in [7, 11) is 1.36. The van der Waals surface area contributed by atoms with E-state index >= 15 is 0 Å². The van der Waals surface area contributed by atoms with Crippen molar-refractivity contribution in [1.29, 1.82) is 0 Å². The van der Waals surface area contributed by atoms with Gasteiger partial charge in [-0.3, -0.25) is 9.59 Å². The first kappa shape index (κ1) is 11.8. The van der Waals surface area contributed by atoms with Crippen molar-refractivity contribution in [1.82, 2.24) is 4.98 Å². The van der Waals surface area contributed by atoms with E-state index in [4.69, 9.17) is 0 Å². The van der Waals surface area contributed by atoms with Crippen molar-refractivity contribution in [3.63, 3.8) is 0 Å². The highest BCUT2D eigenvalue weighted by atomic mass is 32.1. The lowest BCUT2D eigenvalue weighted by Crippen LogP contribution is -2.01. The van der Waals surface area contributed by atoms with Crippen LogP contribution in [0.5, 0.6) is 0 Å². The van der Waals surface area contributed by atoms with Gasteiger partial charge in [-0.2, -0.15) is 0 Å². The van der Waals surface area contributed by atoms with Gasteiger partial charge in [0.2, 0.25) is 0 Å². The topological polar surface area (TPSA) is 56.3 Å². The minimum Gasteiger partial charge on any atom is -0.469 e. The molecule has 4 nitrogen and oxygen atoms in total. The molecule has 0 unspecified atom stereocenters. The summed E-state index contributed by atoms with van der Waals surface area (Å²) in [6.07, 6.45) is 3.83. The van der Waals surface area contributed by atoms with Crippen LogP contribution in [-0.4, -0.2) is 23.8 Å². The maximum atomic E-state index is 11.5. The second-order valence-electron chi connectivity index (χ2n) is 3.04. The van der Waals surface area contributed by atoms with Gasteiger partial charge in [-0.05, 0) is 12.8 Å². The van der Waals surface area contributed by atoms with Crippen LogP contribution < -0.4 is 0 Å². The Morgan fingerprint density at radius 3 is 2.73 bits per heavy atom. The molecule has 1 rings (SSSR count). The molecule has 0 aliphatic heterocycles. The molecule has 0 saturated carbocycles. The molecule has 1 heterocycles. The number of unbranched alkanes of at least 4 members (excludes halogenated alkanes) is 1. The molecule has 0 radical (unpaired) electrons. The van der Waals surface area contributed by atoms with Crippen molar-refractivity contribution in [2.75, 3.05) is 7.11 Å². The number of esters is 1. The van der Waals surface area contributed by atoms with E-state index in [-0.39, 0.29) is 11.8 Å². The summed E-state index contributed by atoms with van der Waals surface area (Å²) >= 11 is 1.35. The summed E-state index contributed by atoms with van der Waals surface area (Å²) in [6, 6.07) is 0. The Balaban J connectivity index is 2.16. The van der Waals surface area contributed by atoms with Crippen LogP contribution in [0.25, 0.3) is 0 Å². The van der Waals surface area contributed by atoms with E-state index in [1.165, 1.54) is 18.4 Å². The molecule has 0 spiro atoms. The fourth-order valence-electron chi connectivity index (χ4n) is 1.13. The number of Topliss-reactive ketones (excluding diaryl/α,β-unsaturated/α-hetero) is 1. The summed E-state index contributed by atoms with van der Waals surface area (Å²) in [6.45, 7) is 0. The average Bonchev–Trinajstić information content (AvgIpc) is 2.77. The number of ether oxygens (including phenoxy) is 1. The van der Waals surface area contributed by atoms with E-state index in [9.17, 15) is 9.59 Å². The molecule has 5 heteroatoms. The zero-order valence-electron chi connectivity index (χ0n) is 8.56. The molecule has 15 heavy (non-hydrogen) atoms. The summed E-state index contributed by atoms with van der Waals surface area (Å²) < 4.78 is 4.50. The average molecular weight is 227 g/mol. The maximum absolute atomic E-state index is 11.5. The molecule has 0 aromatic carbocycles. The van der Waals surface area contributed by atoms with Crippen molar-refractivity contribution in [3.8, 4) is 0 Å². The Labute approximate surface area is 92.3 Å². The largest absolute Gasteiger partial charge is 0.469 e. The van der Waals surface area contributed by atoms with E-state index in [1.54, 1.807) is 11.6 Å². The van der Waals surface area contributed by atoms with E-state index in [1.807, 2.05) is 0 Å². The van der Waals surface area contributed by atoms with Gasteiger partial charge >= 0.3 is 5.97 Å². The number of hydrogen-bond acceptors (Lipinski definition) is 5. The van der Waals surface area contributed by atoms with Gasteiger partial charge in [-0.1, -0.05) is 0 Å². The number of carbonyl (C=O) groups excluding carboxylic acids is 2. The molecular formula is C10H13NO3S. The number of thiazole rings is 1. The summed E-state index contributed by atoms with van der Waals surface area (Å²) in [4.78, 5) is 26.1. The lowest BCUT2D eigenvalue weighted by atomic mass is 10.1. The lowest BCUT2D eigenvalue weighted by Gasteiger charge is -1.98. The number of carbonyl (C=O) groups is 2. The van der Waals surface area contributed by atoms with Gasteiger partial charge in [0.05, 0.1) is 7.11 Å². The van der Waals surface area contributed by atoms with E-state index < -0.39 is 0 Å². The van der Waals surface area contributed by atoms with Crippen LogP contribution in [-0.2, 0) is 9.53 Å². The van der Waals surface area contributed by atoms with Gasteiger partial charge < -0.3 is 4.74 Å². The minimum atomic E-state index is -0.225. The Hall–Kier alpha value is -1.23. The zero-order valence-corrected chi connectivity index (χ0v) is 9.38. The molecule has 0 saturated heterocycles. The Kier molecular flexibility index (Phi) is 4.97. The molecule has 82 valence electrons. The van der Waals surface area contributed by atoms with E-state index in [2.05, 4.69) is 9.72 Å². The molecular weight excluding hydrogens is 214 g/mol. The summed E-state index contributed by atoms with van der Waals surface area (Å²) in [5.74, 6) is -0.174. The number of ketones is 1. The lowest BCUT2D eigenvalue weighted by molar-refractivity contribution is -0.140. The Morgan fingerprint density at radius 1 is 1.40 bits per heavy atom. The molecule has 0 aliphatic carbocycles. The molecule has 0 amide bonds. The van der Waals surface area contributed by atoms with Gasteiger partial charge in [0.1, 0.15) is 0 Å². The van der Waals surface area contributed by atoms with E-state index in [0.717, 1.165) is 0 Å². The monoisotopic (exact) mass is 227 g/mol. The van der Waals surface area contributed by atoms with Crippen molar-refractivity contribution in [3.05, 3.63) is 16.6 Å².